The van der Waals surface area contributed by atoms with E-state index in [2.05, 4.69) is 30.9 Å². The third-order valence-corrected chi connectivity index (χ3v) is 5.66. The number of ether oxygens (including phenoxy) is 1. The summed E-state index contributed by atoms with van der Waals surface area (Å²) in [5.74, 6) is 0.752. The van der Waals surface area contributed by atoms with E-state index in [9.17, 15) is 0 Å². The monoisotopic (exact) mass is 358 g/mol. The molecule has 1 aliphatic rings. The topological polar surface area (TPSA) is 38.5 Å². The number of para-hydroxylation sites is 2. The Morgan fingerprint density at radius 1 is 1.16 bits per heavy atom. The predicted molar refractivity (Wildman–Crippen MR) is 105 cm³/mol. The fourth-order valence-electron chi connectivity index (χ4n) is 4.08. The molecule has 2 N–H and O–H groups in total. The number of rotatable bonds is 5. The summed E-state index contributed by atoms with van der Waals surface area (Å²) in [5.41, 5.74) is 8.04. The third-order valence-electron chi connectivity index (χ3n) is 5.41. The molecule has 0 aliphatic carbocycles. The molecule has 1 heterocycles. The molecule has 2 aromatic rings. The second kappa shape index (κ2) is 7.67. The van der Waals surface area contributed by atoms with E-state index in [-0.39, 0.29) is 11.8 Å². The van der Waals surface area contributed by atoms with Crippen LogP contribution in [0.4, 0.5) is 5.69 Å². The van der Waals surface area contributed by atoms with Crippen molar-refractivity contribution >= 4 is 17.3 Å². The largest absolute Gasteiger partial charge is 0.473 e. The highest BCUT2D eigenvalue weighted by Crippen LogP contribution is 2.42. The Morgan fingerprint density at radius 3 is 2.56 bits per heavy atom. The summed E-state index contributed by atoms with van der Waals surface area (Å²) >= 11 is 6.11. The standard InChI is InChI=1S/C21H27ClN2O/c1-3-21(17-10-12-18(22)13-11-17)14-6-7-15-24(21)16(2)25-20-9-5-4-8-19(20)23/h4-5,8-13,16H,3,6-7,14-15,23H2,1-2H3. The van der Waals surface area contributed by atoms with Crippen LogP contribution in [0.1, 0.15) is 45.1 Å². The Kier molecular flexibility index (Phi) is 5.55. The summed E-state index contributed by atoms with van der Waals surface area (Å²) in [4.78, 5) is 2.49. The zero-order valence-electron chi connectivity index (χ0n) is 15.0. The van der Waals surface area contributed by atoms with Crippen LogP contribution in [0.15, 0.2) is 48.5 Å². The number of anilines is 1. The third kappa shape index (κ3) is 3.63. The van der Waals surface area contributed by atoms with Gasteiger partial charge in [0.2, 0.25) is 0 Å². The van der Waals surface area contributed by atoms with Gasteiger partial charge in [0.1, 0.15) is 5.75 Å². The first-order chi connectivity index (χ1) is 12.1. The lowest BCUT2D eigenvalue weighted by Gasteiger charge is -2.50. The van der Waals surface area contributed by atoms with Crippen molar-refractivity contribution < 1.29 is 4.74 Å². The molecule has 0 aromatic heterocycles. The summed E-state index contributed by atoms with van der Waals surface area (Å²) in [7, 11) is 0. The number of nitrogen functional groups attached to an aromatic ring is 1. The smallest absolute Gasteiger partial charge is 0.150 e. The van der Waals surface area contributed by atoms with Crippen molar-refractivity contribution in [1.82, 2.24) is 4.90 Å². The predicted octanol–water partition coefficient (Wildman–Crippen LogP) is 5.44. The van der Waals surface area contributed by atoms with Gasteiger partial charge >= 0.3 is 0 Å². The molecule has 1 aliphatic heterocycles. The number of likely N-dealkylation sites (tertiary alicyclic amines) is 1. The molecule has 2 unspecified atom stereocenters. The maximum Gasteiger partial charge on any atom is 0.150 e. The molecule has 0 spiro atoms. The first kappa shape index (κ1) is 18.1. The number of hydrogen-bond acceptors (Lipinski definition) is 3. The van der Waals surface area contributed by atoms with Gasteiger partial charge in [-0.15, -0.1) is 0 Å². The van der Waals surface area contributed by atoms with Crippen LogP contribution in [0, 0.1) is 0 Å². The number of hydrogen-bond donors (Lipinski definition) is 1. The molecule has 134 valence electrons. The minimum Gasteiger partial charge on any atom is -0.473 e. The van der Waals surface area contributed by atoms with Gasteiger partial charge in [-0.25, -0.2) is 0 Å². The number of benzene rings is 2. The van der Waals surface area contributed by atoms with Crippen LogP contribution in [-0.4, -0.2) is 17.7 Å². The Morgan fingerprint density at radius 2 is 1.88 bits per heavy atom. The van der Waals surface area contributed by atoms with E-state index in [4.69, 9.17) is 22.1 Å². The van der Waals surface area contributed by atoms with E-state index in [1.54, 1.807) is 0 Å². The van der Waals surface area contributed by atoms with Crippen molar-refractivity contribution in [3.63, 3.8) is 0 Å². The zero-order valence-corrected chi connectivity index (χ0v) is 15.8. The molecule has 0 amide bonds. The molecule has 3 nitrogen and oxygen atoms in total. The number of halogens is 1. The first-order valence-corrected chi connectivity index (χ1v) is 9.48. The second-order valence-corrected chi connectivity index (χ2v) is 7.23. The van der Waals surface area contributed by atoms with Crippen LogP contribution in [0.2, 0.25) is 5.02 Å². The highest BCUT2D eigenvalue weighted by atomic mass is 35.5. The lowest BCUT2D eigenvalue weighted by atomic mass is 9.78. The number of piperidine rings is 1. The van der Waals surface area contributed by atoms with Crippen LogP contribution in [0.3, 0.4) is 0 Å². The van der Waals surface area contributed by atoms with Crippen LogP contribution < -0.4 is 10.5 Å². The van der Waals surface area contributed by atoms with Crippen LogP contribution in [0.25, 0.3) is 0 Å². The normalized spacial score (nSPS) is 22.5. The molecule has 1 fully saturated rings. The van der Waals surface area contributed by atoms with Gasteiger partial charge in [-0.2, -0.15) is 0 Å². The summed E-state index contributed by atoms with van der Waals surface area (Å²) < 4.78 is 6.26. The Hall–Kier alpha value is -1.71. The molecular formula is C21H27ClN2O. The maximum atomic E-state index is 6.26. The summed E-state index contributed by atoms with van der Waals surface area (Å²) in [6, 6.07) is 16.0. The molecular weight excluding hydrogens is 332 g/mol. The van der Waals surface area contributed by atoms with Crippen LogP contribution in [-0.2, 0) is 5.54 Å². The lowest BCUT2D eigenvalue weighted by molar-refractivity contribution is -0.0714. The molecule has 4 heteroatoms. The fourth-order valence-corrected chi connectivity index (χ4v) is 4.20. The van der Waals surface area contributed by atoms with Crippen molar-refractivity contribution in [2.45, 2.75) is 51.3 Å². The zero-order chi connectivity index (χ0) is 17.9. The molecule has 0 saturated carbocycles. The quantitative estimate of drug-likeness (QED) is 0.723. The van der Waals surface area contributed by atoms with Crippen molar-refractivity contribution in [1.29, 1.82) is 0 Å². The first-order valence-electron chi connectivity index (χ1n) is 9.11. The van der Waals surface area contributed by atoms with Gasteiger partial charge in [0, 0.05) is 17.1 Å². The van der Waals surface area contributed by atoms with Crippen molar-refractivity contribution in [2.75, 3.05) is 12.3 Å². The molecule has 2 aromatic carbocycles. The molecule has 0 bridgehead atoms. The van der Waals surface area contributed by atoms with Gasteiger partial charge in [-0.05, 0) is 62.4 Å². The van der Waals surface area contributed by atoms with E-state index in [1.165, 1.54) is 18.4 Å². The van der Waals surface area contributed by atoms with Crippen molar-refractivity contribution in [3.8, 4) is 5.75 Å². The van der Waals surface area contributed by atoms with E-state index in [1.807, 2.05) is 36.4 Å². The number of nitrogens with two attached hydrogens (primary N) is 1. The van der Waals surface area contributed by atoms with E-state index >= 15 is 0 Å². The summed E-state index contributed by atoms with van der Waals surface area (Å²) in [6.07, 6.45) is 4.52. The molecule has 1 saturated heterocycles. The van der Waals surface area contributed by atoms with E-state index < -0.39 is 0 Å². The molecule has 25 heavy (non-hydrogen) atoms. The average Bonchev–Trinajstić information content (AvgIpc) is 2.64. The summed E-state index contributed by atoms with van der Waals surface area (Å²) in [6.45, 7) is 5.40. The Bertz CT molecular complexity index is 703. The highest BCUT2D eigenvalue weighted by Gasteiger charge is 2.41. The molecule has 0 radical (unpaired) electrons. The Labute approximate surface area is 155 Å². The van der Waals surface area contributed by atoms with E-state index in [0.29, 0.717) is 5.69 Å². The Balaban J connectivity index is 1.91. The summed E-state index contributed by atoms with van der Waals surface area (Å²) in [5, 5.41) is 0.777. The van der Waals surface area contributed by atoms with Crippen molar-refractivity contribution in [3.05, 3.63) is 59.1 Å². The van der Waals surface area contributed by atoms with Crippen LogP contribution in [0.5, 0.6) is 5.75 Å². The van der Waals surface area contributed by atoms with Gasteiger partial charge in [-0.1, -0.05) is 42.8 Å². The van der Waals surface area contributed by atoms with Gasteiger partial charge in [0.25, 0.3) is 0 Å². The SMILES string of the molecule is CCC1(c2ccc(Cl)cc2)CCCCN1C(C)Oc1ccccc1N. The van der Waals surface area contributed by atoms with Gasteiger partial charge in [0.05, 0.1) is 5.69 Å². The number of nitrogens with zero attached hydrogens (tertiary/aromatic N) is 1. The average molecular weight is 359 g/mol. The van der Waals surface area contributed by atoms with Crippen LogP contribution >= 0.6 is 11.6 Å². The van der Waals surface area contributed by atoms with Gasteiger partial charge in [0.15, 0.2) is 6.23 Å². The second-order valence-electron chi connectivity index (χ2n) is 6.80. The minimum absolute atomic E-state index is 0.0220. The lowest BCUT2D eigenvalue weighted by Crippen LogP contribution is -2.54. The van der Waals surface area contributed by atoms with Gasteiger partial charge in [-0.3, -0.25) is 4.90 Å². The highest BCUT2D eigenvalue weighted by molar-refractivity contribution is 6.30. The van der Waals surface area contributed by atoms with Crippen molar-refractivity contribution in [2.24, 2.45) is 0 Å². The molecule has 2 atom stereocenters. The van der Waals surface area contributed by atoms with Gasteiger partial charge < -0.3 is 10.5 Å². The minimum atomic E-state index is -0.0550. The fraction of sp³-hybridized carbons (Fsp3) is 0.429. The maximum absolute atomic E-state index is 6.26. The molecule has 3 rings (SSSR count). The van der Waals surface area contributed by atoms with E-state index in [0.717, 1.165) is 30.2 Å².